The molecule has 116 heavy (non-hydrogen) atoms. The van der Waals surface area contributed by atoms with Crippen LogP contribution in [0, 0.1) is 0 Å². The minimum atomic E-state index is -4.29. The Kier molecular flexibility index (Phi) is 84.2. The zero-order valence-corrected chi connectivity index (χ0v) is 88.4. The molecule has 1 aliphatic rings. The van der Waals surface area contributed by atoms with Crippen LogP contribution in [0.25, 0.3) is 0 Å². The third kappa shape index (κ3) is 70.8. The van der Waals surface area contributed by atoms with Gasteiger partial charge in [-0.25, -0.2) is 0 Å². The van der Waals surface area contributed by atoms with Gasteiger partial charge in [-0.2, -0.15) is 0 Å². The first-order valence-corrected chi connectivity index (χ1v) is 77.7. The van der Waals surface area contributed by atoms with Crippen LogP contribution in [0.15, 0.2) is 60.8 Å². The SMILES string of the molecule is CCCCCCCCCCCC[S][Sn]([CH2]CCC)([CH2]CCC)[S]CCCCCCCCCCCC.CCCCCCC[CH2][Sn]([CH2]CCCCCCC)([O]C(=O)C=CC(=O)OCC)[O]C(=O)C=CC(=O)OCC.CCC[CH2][Sn]([CH2]CCC)([O]C(=O)C=CC(=O)OC)[O]C(=O)C=CC(=O)OC.CCC[CH2][Sn]1([CH2]CCC)[O]C(=O)C=CC(=O)[O]1. The number of ether oxygens (including phenoxy) is 4. The molecule has 0 unspecified atom stereocenters. The summed E-state index contributed by atoms with van der Waals surface area (Å²) in [6.45, 7) is 25.7. The Balaban J connectivity index is -0.00000151. The van der Waals surface area contributed by atoms with Crippen molar-refractivity contribution in [3.63, 3.8) is 0 Å². The molecule has 0 N–H and O–H groups in total. The Hall–Kier alpha value is -2.71. The maximum absolute atomic E-state index is 12.7. The van der Waals surface area contributed by atoms with Crippen molar-refractivity contribution in [2.24, 2.45) is 0 Å². The Bertz CT molecular complexity index is 2510. The zero-order valence-electron chi connectivity index (χ0n) is 75.4. The molecule has 0 saturated carbocycles. The second-order valence-electron chi connectivity index (χ2n) is 30.1. The van der Waals surface area contributed by atoms with E-state index in [9.17, 15) is 47.9 Å². The van der Waals surface area contributed by atoms with Crippen molar-refractivity contribution in [3.8, 4) is 0 Å². The number of rotatable bonds is 70. The molecule has 0 amide bonds. The van der Waals surface area contributed by atoms with Crippen molar-refractivity contribution in [2.45, 2.75) is 401 Å². The Labute approximate surface area is 729 Å². The minimum absolute atomic E-state index is 0.196. The molecule has 0 saturated heterocycles. The van der Waals surface area contributed by atoms with Gasteiger partial charge in [-0.1, -0.05) is 13.8 Å². The van der Waals surface area contributed by atoms with Crippen molar-refractivity contribution in [3.05, 3.63) is 60.8 Å². The van der Waals surface area contributed by atoms with Crippen molar-refractivity contribution < 1.29 is 85.3 Å². The summed E-state index contributed by atoms with van der Waals surface area (Å²) < 4.78 is 59.6. The van der Waals surface area contributed by atoms with Crippen molar-refractivity contribution in [1.82, 2.24) is 0 Å². The van der Waals surface area contributed by atoms with Gasteiger partial charge in [0.1, 0.15) is 0 Å². The third-order valence-electron chi connectivity index (χ3n) is 19.5. The molecule has 0 spiro atoms. The van der Waals surface area contributed by atoms with E-state index >= 15 is 0 Å². The van der Waals surface area contributed by atoms with Gasteiger partial charge in [-0.15, -0.1) is 0 Å². The summed E-state index contributed by atoms with van der Waals surface area (Å²) in [5, 5.41) is 0. The van der Waals surface area contributed by atoms with Crippen molar-refractivity contribution >= 4 is 151 Å². The van der Waals surface area contributed by atoms with Crippen LogP contribution in [0.2, 0.25) is 35.5 Å². The first-order chi connectivity index (χ1) is 56.0. The summed E-state index contributed by atoms with van der Waals surface area (Å²) in [6.07, 6.45) is 65.3. The summed E-state index contributed by atoms with van der Waals surface area (Å²) in [4.78, 5) is 118. The first-order valence-electron chi connectivity index (χ1n) is 45.6. The van der Waals surface area contributed by atoms with Gasteiger partial charge >= 0.3 is 723 Å². The average molecular weight is 2110 g/mol. The van der Waals surface area contributed by atoms with Crippen molar-refractivity contribution in [1.29, 1.82) is 0 Å². The molecule has 1 heterocycles. The number of carbonyl (C=O) groups excluding carboxylic acids is 10. The van der Waals surface area contributed by atoms with Crippen LogP contribution in [0.1, 0.15) is 366 Å². The summed E-state index contributed by atoms with van der Waals surface area (Å²) in [6, 6.07) is 0. The van der Waals surface area contributed by atoms with Gasteiger partial charge in [-0.05, 0) is 0 Å². The van der Waals surface area contributed by atoms with Gasteiger partial charge in [0, 0.05) is 0 Å². The Morgan fingerprint density at radius 3 is 0.776 bits per heavy atom. The van der Waals surface area contributed by atoms with Crippen LogP contribution in [-0.4, -0.2) is 172 Å². The van der Waals surface area contributed by atoms with Crippen LogP contribution >= 0.6 is 17.9 Å². The van der Waals surface area contributed by atoms with E-state index in [1.807, 2.05) is 13.8 Å². The van der Waals surface area contributed by atoms with Gasteiger partial charge in [0.25, 0.3) is 0 Å². The zero-order chi connectivity index (χ0) is 86.9. The van der Waals surface area contributed by atoms with Gasteiger partial charge in [0.05, 0.1) is 0 Å². The number of esters is 4. The van der Waals surface area contributed by atoms with Gasteiger partial charge in [0.15, 0.2) is 0 Å². The van der Waals surface area contributed by atoms with E-state index < -0.39 is 133 Å². The van der Waals surface area contributed by atoms with Crippen LogP contribution in [0.4, 0.5) is 0 Å². The second kappa shape index (κ2) is 83.2. The molecule has 1 rings (SSSR count). The van der Waals surface area contributed by atoms with Crippen LogP contribution < -0.4 is 0 Å². The molecule has 0 aromatic heterocycles. The van der Waals surface area contributed by atoms with Crippen LogP contribution in [0.3, 0.4) is 0 Å². The van der Waals surface area contributed by atoms with Crippen LogP contribution in [-0.2, 0) is 85.3 Å². The maximum atomic E-state index is 12.7. The van der Waals surface area contributed by atoms with E-state index in [0.717, 1.165) is 173 Å². The summed E-state index contributed by atoms with van der Waals surface area (Å²) in [7, 11) is 7.55. The van der Waals surface area contributed by atoms with E-state index in [-0.39, 0.29) is 13.2 Å². The van der Waals surface area contributed by atoms with Gasteiger partial charge < -0.3 is 0 Å². The van der Waals surface area contributed by atoms with E-state index in [1.165, 1.54) is 205 Å². The average Bonchev–Trinajstić information content (AvgIpc) is 1.45. The molecule has 20 nitrogen and oxygen atoms in total. The topological polar surface area (TPSA) is 263 Å². The van der Waals surface area contributed by atoms with E-state index in [1.54, 1.807) is 22.7 Å². The summed E-state index contributed by atoms with van der Waals surface area (Å²) in [5.74, 6) is -3.37. The molecule has 0 fully saturated rings. The number of unbranched alkanes of at least 4 members (excludes halogenated alkanes) is 34. The van der Waals surface area contributed by atoms with Crippen LogP contribution in [0.5, 0.6) is 0 Å². The molecule has 0 aliphatic carbocycles. The van der Waals surface area contributed by atoms with E-state index in [2.05, 4.69) is 82.8 Å². The number of methoxy groups -OCH3 is 2. The van der Waals surface area contributed by atoms with Gasteiger partial charge in [0.2, 0.25) is 0 Å². The number of hydrogen-bond acceptors (Lipinski definition) is 22. The fourth-order valence-electron chi connectivity index (χ4n) is 12.7. The van der Waals surface area contributed by atoms with E-state index in [0.29, 0.717) is 17.7 Å². The monoisotopic (exact) mass is 2110 g/mol. The molecular weight excluding hydrogens is 1940 g/mol. The van der Waals surface area contributed by atoms with Gasteiger partial charge in [-0.3, -0.25) is 0 Å². The molecule has 0 radical (unpaired) electrons. The predicted octanol–water partition coefficient (Wildman–Crippen LogP) is 25.1. The molecule has 26 heteroatoms. The molecule has 1 aliphatic heterocycles. The summed E-state index contributed by atoms with van der Waals surface area (Å²) in [5.41, 5.74) is 0. The number of carbonyl (C=O) groups is 10. The van der Waals surface area contributed by atoms with Crippen molar-refractivity contribution in [2.75, 3.05) is 38.9 Å². The molecule has 0 aromatic rings. The summed E-state index contributed by atoms with van der Waals surface area (Å²) >= 11 is -14.0. The predicted molar refractivity (Wildman–Crippen MR) is 486 cm³/mol. The first kappa shape index (κ1) is 117. The number of hydrogen-bond donors (Lipinski definition) is 0. The molecule has 0 bridgehead atoms. The molecular formula is C90H164O20S2Sn4. The molecule has 0 aromatic carbocycles. The standard InChI is InChI=1S/2C12H26S.2C8H17.2C6H8O4.2C5H6O4.C4H4O4.6C4H9.4Sn/c2*1-2-3-4-5-6-7-8-9-10-11-12-13;2*1-3-5-7-8-6-4-2;2*1-2-10-6(9)4-3-5(7)8;2*1-9-5(8)3-2-4(6)7;5-3(6)1-2-4(7)8;6*1-3-4-2;;;;/h2*13H,2-12H2,1H3;2*1,3-8H2,2H3;2*3-4H,2H2,1H3,(H,7,8);2*2-3H,1H3,(H,6,7);1-2H,(H,5,6)(H,7,8);6*1,3-4H2,2H3;;;;/q;;;;;;;;;;;;;;;4*+2/p-8. The Morgan fingerprint density at radius 1 is 0.293 bits per heavy atom. The fraction of sp³-hybridized carbons (Fsp3) is 0.778. The quantitative estimate of drug-likeness (QED) is 0.0180. The molecule has 672 valence electrons. The fourth-order valence-corrected chi connectivity index (χ4v) is 72.2. The second-order valence-corrected chi connectivity index (χ2v) is 84.4. The van der Waals surface area contributed by atoms with E-state index in [4.69, 9.17) is 27.9 Å². The molecule has 0 atom stereocenters. The third-order valence-corrected chi connectivity index (χ3v) is 79.5. The normalized spacial score (nSPS) is 12.7. The Morgan fingerprint density at radius 2 is 0.517 bits per heavy atom.